The molecule has 0 aliphatic carbocycles. The highest BCUT2D eigenvalue weighted by Crippen LogP contribution is 2.40. The predicted octanol–water partition coefficient (Wildman–Crippen LogP) is 5.70. The van der Waals surface area contributed by atoms with Crippen LogP contribution in [0.4, 0.5) is 0 Å². The number of aryl methyl sites for hydroxylation is 1. The minimum atomic E-state index is -0.292. The van der Waals surface area contributed by atoms with Crippen LogP contribution in [0.3, 0.4) is 0 Å². The maximum Gasteiger partial charge on any atom is 0.138 e. The molecular formula is C13H11Cl3OS. The van der Waals surface area contributed by atoms with Crippen molar-refractivity contribution >= 4 is 46.1 Å². The van der Waals surface area contributed by atoms with Crippen LogP contribution in [0, 0.1) is 6.92 Å². The molecule has 0 radical (unpaired) electrons. The van der Waals surface area contributed by atoms with Crippen LogP contribution in [-0.2, 0) is 0 Å². The predicted molar refractivity (Wildman–Crippen MR) is 79.8 cm³/mol. The maximum absolute atomic E-state index is 6.44. The van der Waals surface area contributed by atoms with Gasteiger partial charge >= 0.3 is 0 Å². The van der Waals surface area contributed by atoms with Gasteiger partial charge in [0.05, 0.1) is 17.5 Å². The Labute approximate surface area is 125 Å². The number of methoxy groups -OCH3 is 1. The molecule has 1 nitrogen and oxygen atoms in total. The Balaban J connectivity index is 2.42. The van der Waals surface area contributed by atoms with Gasteiger partial charge in [-0.15, -0.1) is 22.9 Å². The fourth-order valence-electron chi connectivity index (χ4n) is 1.64. The second kappa shape index (κ2) is 5.70. The van der Waals surface area contributed by atoms with Gasteiger partial charge < -0.3 is 4.74 Å². The summed E-state index contributed by atoms with van der Waals surface area (Å²) in [5.41, 5.74) is 0.797. The third kappa shape index (κ3) is 2.77. The number of ether oxygens (including phenoxy) is 1. The van der Waals surface area contributed by atoms with Crippen molar-refractivity contribution in [1.29, 1.82) is 0 Å². The topological polar surface area (TPSA) is 9.23 Å². The molecule has 2 aromatic rings. The van der Waals surface area contributed by atoms with Crippen LogP contribution in [0.1, 0.15) is 20.7 Å². The van der Waals surface area contributed by atoms with Gasteiger partial charge in [0.25, 0.3) is 0 Å². The summed E-state index contributed by atoms with van der Waals surface area (Å²) in [5.74, 6) is 0.552. The van der Waals surface area contributed by atoms with E-state index < -0.39 is 0 Å². The summed E-state index contributed by atoms with van der Waals surface area (Å²) in [7, 11) is 1.55. The minimum Gasteiger partial charge on any atom is -0.495 e. The van der Waals surface area contributed by atoms with Crippen molar-refractivity contribution < 1.29 is 4.74 Å². The van der Waals surface area contributed by atoms with E-state index in [2.05, 4.69) is 0 Å². The highest BCUT2D eigenvalue weighted by atomic mass is 35.5. The lowest BCUT2D eigenvalue weighted by Gasteiger charge is -2.12. The molecule has 0 fully saturated rings. The summed E-state index contributed by atoms with van der Waals surface area (Å²) in [5, 5.41) is 0.776. The molecule has 1 aromatic carbocycles. The summed E-state index contributed by atoms with van der Waals surface area (Å²) in [6.45, 7) is 2.04. The van der Waals surface area contributed by atoms with Crippen molar-refractivity contribution in [3.63, 3.8) is 0 Å². The third-order valence-electron chi connectivity index (χ3n) is 2.56. The summed E-state index contributed by atoms with van der Waals surface area (Å²) in [6.07, 6.45) is 0. The lowest BCUT2D eigenvalue weighted by atomic mass is 10.1. The SMILES string of the molecule is COc1cc(Cl)c(C(Cl)c2ccc(C)s2)cc1Cl. The van der Waals surface area contributed by atoms with E-state index in [1.807, 2.05) is 19.1 Å². The zero-order chi connectivity index (χ0) is 13.3. The molecule has 1 unspecified atom stereocenters. The van der Waals surface area contributed by atoms with Gasteiger partial charge in [-0.1, -0.05) is 23.2 Å². The van der Waals surface area contributed by atoms with Gasteiger partial charge in [0.2, 0.25) is 0 Å². The summed E-state index contributed by atoms with van der Waals surface area (Å²) < 4.78 is 5.11. The molecule has 1 aromatic heterocycles. The van der Waals surface area contributed by atoms with E-state index in [0.29, 0.717) is 15.8 Å². The van der Waals surface area contributed by atoms with Gasteiger partial charge in [-0.3, -0.25) is 0 Å². The van der Waals surface area contributed by atoms with E-state index in [4.69, 9.17) is 39.5 Å². The summed E-state index contributed by atoms with van der Waals surface area (Å²) >= 11 is 20.4. The first kappa shape index (κ1) is 14.0. The summed E-state index contributed by atoms with van der Waals surface area (Å²) in [6, 6.07) is 7.49. The Morgan fingerprint density at radius 2 is 1.89 bits per heavy atom. The standard InChI is InChI=1S/C13H11Cl3OS/c1-7-3-4-12(18-7)13(16)8-5-10(15)11(17-2)6-9(8)14/h3-6,13H,1-2H3. The van der Waals surface area contributed by atoms with Crippen LogP contribution in [0.2, 0.25) is 10.0 Å². The molecule has 18 heavy (non-hydrogen) atoms. The highest BCUT2D eigenvalue weighted by molar-refractivity contribution is 7.12. The Bertz CT molecular complexity index is 565. The van der Waals surface area contributed by atoms with Gasteiger partial charge in [-0.25, -0.2) is 0 Å². The lowest BCUT2D eigenvalue weighted by molar-refractivity contribution is 0.415. The zero-order valence-electron chi connectivity index (χ0n) is 9.84. The first-order chi connectivity index (χ1) is 8.52. The number of thiophene rings is 1. The molecule has 1 heterocycles. The fourth-order valence-corrected chi connectivity index (χ4v) is 3.47. The lowest BCUT2D eigenvalue weighted by Crippen LogP contribution is -1.94. The monoisotopic (exact) mass is 320 g/mol. The van der Waals surface area contributed by atoms with Crippen LogP contribution in [0.15, 0.2) is 24.3 Å². The molecule has 0 amide bonds. The Morgan fingerprint density at radius 1 is 1.17 bits per heavy atom. The van der Waals surface area contributed by atoms with Gasteiger partial charge in [-0.05, 0) is 30.7 Å². The molecule has 0 saturated heterocycles. The maximum atomic E-state index is 6.44. The van der Waals surface area contributed by atoms with E-state index in [9.17, 15) is 0 Å². The second-order valence-corrected chi connectivity index (χ2v) is 6.39. The van der Waals surface area contributed by atoms with Crippen molar-refractivity contribution in [3.05, 3.63) is 49.6 Å². The number of hydrogen-bond donors (Lipinski definition) is 0. The molecule has 0 saturated carbocycles. The molecule has 0 aliphatic heterocycles. The highest BCUT2D eigenvalue weighted by Gasteiger charge is 2.18. The average Bonchev–Trinajstić information content (AvgIpc) is 2.77. The number of rotatable bonds is 3. The number of alkyl halides is 1. The smallest absolute Gasteiger partial charge is 0.138 e. The Hall–Kier alpha value is -0.410. The number of halogens is 3. The quantitative estimate of drug-likeness (QED) is 0.659. The zero-order valence-corrected chi connectivity index (χ0v) is 12.9. The van der Waals surface area contributed by atoms with Crippen molar-refractivity contribution in [1.82, 2.24) is 0 Å². The minimum absolute atomic E-state index is 0.292. The Kier molecular flexibility index (Phi) is 4.44. The molecule has 96 valence electrons. The molecular weight excluding hydrogens is 311 g/mol. The van der Waals surface area contributed by atoms with Crippen molar-refractivity contribution in [2.24, 2.45) is 0 Å². The molecule has 2 rings (SSSR count). The fraction of sp³-hybridized carbons (Fsp3) is 0.231. The van der Waals surface area contributed by atoms with Gasteiger partial charge in [0, 0.05) is 20.8 Å². The normalized spacial score (nSPS) is 12.5. The first-order valence-corrected chi connectivity index (χ1v) is 7.27. The third-order valence-corrected chi connectivity index (χ3v) is 4.84. The van der Waals surface area contributed by atoms with E-state index in [1.54, 1.807) is 30.6 Å². The van der Waals surface area contributed by atoms with E-state index in [0.717, 1.165) is 10.4 Å². The van der Waals surface area contributed by atoms with Crippen LogP contribution < -0.4 is 4.74 Å². The molecule has 0 spiro atoms. The van der Waals surface area contributed by atoms with Crippen molar-refractivity contribution in [3.8, 4) is 5.75 Å². The molecule has 0 bridgehead atoms. The molecule has 5 heteroatoms. The molecule has 0 aliphatic rings. The molecule has 0 N–H and O–H groups in total. The first-order valence-electron chi connectivity index (χ1n) is 5.26. The molecule has 1 atom stereocenters. The second-order valence-electron chi connectivity index (χ2n) is 3.82. The van der Waals surface area contributed by atoms with Gasteiger partial charge in [0.1, 0.15) is 5.75 Å². The number of hydrogen-bond acceptors (Lipinski definition) is 2. The van der Waals surface area contributed by atoms with Crippen LogP contribution in [-0.4, -0.2) is 7.11 Å². The van der Waals surface area contributed by atoms with Crippen molar-refractivity contribution in [2.75, 3.05) is 7.11 Å². The van der Waals surface area contributed by atoms with Crippen LogP contribution in [0.5, 0.6) is 5.75 Å². The largest absolute Gasteiger partial charge is 0.495 e. The van der Waals surface area contributed by atoms with E-state index in [-0.39, 0.29) is 5.38 Å². The van der Waals surface area contributed by atoms with Gasteiger partial charge in [-0.2, -0.15) is 0 Å². The van der Waals surface area contributed by atoms with Crippen LogP contribution in [0.25, 0.3) is 0 Å². The summed E-state index contributed by atoms with van der Waals surface area (Å²) in [4.78, 5) is 2.27. The Morgan fingerprint density at radius 3 is 2.44 bits per heavy atom. The number of benzene rings is 1. The van der Waals surface area contributed by atoms with E-state index >= 15 is 0 Å². The van der Waals surface area contributed by atoms with Gasteiger partial charge in [0.15, 0.2) is 0 Å². The average molecular weight is 322 g/mol. The van der Waals surface area contributed by atoms with Crippen molar-refractivity contribution in [2.45, 2.75) is 12.3 Å². The van der Waals surface area contributed by atoms with E-state index in [1.165, 1.54) is 4.88 Å². The van der Waals surface area contributed by atoms with Crippen LogP contribution >= 0.6 is 46.1 Å².